The first-order valence-electron chi connectivity index (χ1n) is 5.64. The normalized spacial score (nSPS) is 16.3. The van der Waals surface area contributed by atoms with E-state index in [1.54, 1.807) is 0 Å². The maximum Gasteiger partial charge on any atom is 0.437 e. The molecule has 0 N–H and O–H groups in total. The lowest BCUT2D eigenvalue weighted by Crippen LogP contribution is -2.68. The molecule has 0 bridgehead atoms. The van der Waals surface area contributed by atoms with Crippen LogP contribution in [-0.2, 0) is 8.37 Å². The summed E-state index contributed by atoms with van der Waals surface area (Å²) in [6.45, 7) is 0. The highest BCUT2D eigenvalue weighted by molar-refractivity contribution is 7.89. The van der Waals surface area contributed by atoms with Gasteiger partial charge in [0.05, 0.1) is 0 Å². The van der Waals surface area contributed by atoms with Gasteiger partial charge in [-0.05, 0) is 0 Å². The molecule has 0 aromatic carbocycles. The summed E-state index contributed by atoms with van der Waals surface area (Å²) in [7, 11) is 0. The van der Waals surface area contributed by atoms with Crippen LogP contribution in [0.3, 0.4) is 0 Å². The summed E-state index contributed by atoms with van der Waals surface area (Å²) in [5.41, 5.74) is -15.0. The van der Waals surface area contributed by atoms with E-state index in [0.29, 0.717) is 0 Å². The maximum atomic E-state index is 12.4. The Balaban J connectivity index is 6.44. The second-order valence-corrected chi connectivity index (χ2v) is 5.05. The van der Waals surface area contributed by atoms with Crippen molar-refractivity contribution in [3.63, 3.8) is 0 Å². The lowest BCUT2D eigenvalue weighted by Gasteiger charge is -2.39. The summed E-state index contributed by atoms with van der Waals surface area (Å²) in [5, 5.41) is 0. The van der Waals surface area contributed by atoms with Crippen molar-refractivity contribution < 1.29 is 87.4 Å². The fourth-order valence-electron chi connectivity index (χ4n) is 1.37. The summed E-state index contributed by atoms with van der Waals surface area (Å²) in [4.78, 5) is 0. The molecule has 0 aliphatic carbocycles. The molecule has 0 aromatic rings. The largest absolute Gasteiger partial charge is 0.437 e. The van der Waals surface area contributed by atoms with E-state index in [1.807, 2.05) is 8.37 Å². The minimum Gasteiger partial charge on any atom is -0.257 e. The average molecular weight is 502 g/mol. The van der Waals surface area contributed by atoms with Crippen molar-refractivity contribution in [1.82, 2.24) is 0 Å². The Hall–Kier alpha value is -0.990. The molecule has 0 aliphatic rings. The van der Waals surface area contributed by atoms with E-state index < -0.39 is 60.6 Å². The number of halogens is 18. The molecular formula is C8F18O2S. The predicted octanol–water partition coefficient (Wildman–Crippen LogP) is 6.43. The minimum absolute atomic E-state index is 1.98. The summed E-state index contributed by atoms with van der Waals surface area (Å²) >= 11 is -3.09. The van der Waals surface area contributed by atoms with Crippen molar-refractivity contribution in [3.8, 4) is 0 Å². The Morgan fingerprint density at radius 3 is 0.552 bits per heavy atom. The smallest absolute Gasteiger partial charge is 0.257 e. The quantitative estimate of drug-likeness (QED) is 0.326. The van der Waals surface area contributed by atoms with Gasteiger partial charge < -0.3 is 0 Å². The van der Waals surface area contributed by atoms with Crippen molar-refractivity contribution in [3.05, 3.63) is 0 Å². The van der Waals surface area contributed by atoms with Crippen LogP contribution in [-0.4, -0.2) is 48.3 Å². The maximum absolute atomic E-state index is 12.4. The SMILES string of the molecule is FC(F)(F)C(OSOC(C(F)(F)F)(C(F)(F)F)C(F)(F)F)(C(F)(F)F)C(F)(F)F. The predicted molar refractivity (Wildman–Crippen MR) is 51.6 cm³/mol. The van der Waals surface area contributed by atoms with Gasteiger partial charge in [0.1, 0.15) is 0 Å². The second kappa shape index (κ2) is 7.31. The zero-order valence-corrected chi connectivity index (χ0v) is 12.8. The molecule has 0 rings (SSSR count). The van der Waals surface area contributed by atoms with Gasteiger partial charge in [0.25, 0.3) is 0 Å². The molecule has 176 valence electrons. The second-order valence-electron chi connectivity index (χ2n) is 4.58. The number of alkyl halides is 18. The van der Waals surface area contributed by atoms with E-state index in [9.17, 15) is 79.0 Å². The highest BCUT2D eigenvalue weighted by Crippen LogP contribution is 2.60. The molecule has 0 saturated heterocycles. The zero-order valence-electron chi connectivity index (χ0n) is 12.0. The standard InChI is InChI=1S/C8F18O2S/c9-3(10,11)1(4(12,13)14,5(15,16)17)27-29-28-2(6(18,19)20,7(21,22)23)8(24,25)26. The molecule has 0 radical (unpaired) electrons. The molecule has 0 heterocycles. The number of hydrogen-bond donors (Lipinski definition) is 0. The monoisotopic (exact) mass is 502 g/mol. The van der Waals surface area contributed by atoms with Crippen molar-refractivity contribution in [2.75, 3.05) is 0 Å². The van der Waals surface area contributed by atoms with Crippen LogP contribution in [0.25, 0.3) is 0 Å². The molecule has 0 fully saturated rings. The first-order valence-corrected chi connectivity index (χ1v) is 6.31. The summed E-state index contributed by atoms with van der Waals surface area (Å²) in [6.07, 6.45) is -46.0. The van der Waals surface area contributed by atoms with Gasteiger partial charge in [-0.2, -0.15) is 79.0 Å². The third kappa shape index (κ3) is 4.54. The average Bonchev–Trinajstić information content (AvgIpc) is 2.27. The lowest BCUT2D eigenvalue weighted by molar-refractivity contribution is -0.444. The van der Waals surface area contributed by atoms with Crippen LogP contribution < -0.4 is 0 Å². The first-order chi connectivity index (χ1) is 12.2. The highest BCUT2D eigenvalue weighted by Gasteiger charge is 2.88. The van der Waals surface area contributed by atoms with Gasteiger partial charge >= 0.3 is 48.3 Å². The first kappa shape index (κ1) is 28.0. The zero-order chi connectivity index (χ0) is 24.1. The van der Waals surface area contributed by atoms with Gasteiger partial charge in [0.2, 0.25) is 0 Å². The van der Waals surface area contributed by atoms with Crippen LogP contribution in [0.4, 0.5) is 79.0 Å². The fraction of sp³-hybridized carbons (Fsp3) is 1.00. The molecule has 0 unspecified atom stereocenters. The topological polar surface area (TPSA) is 18.5 Å². The van der Waals surface area contributed by atoms with E-state index in [-0.39, 0.29) is 0 Å². The molecule has 0 amide bonds. The van der Waals surface area contributed by atoms with Gasteiger partial charge in [-0.1, -0.05) is 0 Å². The van der Waals surface area contributed by atoms with E-state index >= 15 is 0 Å². The summed E-state index contributed by atoms with van der Waals surface area (Å²) < 4.78 is 227. The third-order valence-corrected chi connectivity index (χ3v) is 3.35. The van der Waals surface area contributed by atoms with E-state index in [1.165, 1.54) is 0 Å². The summed E-state index contributed by atoms with van der Waals surface area (Å²) in [6, 6.07) is 0. The molecule has 0 atom stereocenters. The molecule has 0 spiro atoms. The van der Waals surface area contributed by atoms with Crippen LogP contribution in [0, 0.1) is 0 Å². The molecule has 0 aromatic heterocycles. The molecule has 21 heteroatoms. The Kier molecular flexibility index (Phi) is 7.06. The van der Waals surface area contributed by atoms with E-state index in [2.05, 4.69) is 0 Å². The molecule has 2 nitrogen and oxygen atoms in total. The van der Waals surface area contributed by atoms with Crippen LogP contribution in [0.1, 0.15) is 0 Å². The molecule has 0 saturated carbocycles. The number of rotatable bonds is 4. The van der Waals surface area contributed by atoms with Gasteiger partial charge in [0, 0.05) is 0 Å². The Morgan fingerprint density at radius 2 is 0.448 bits per heavy atom. The lowest BCUT2D eigenvalue weighted by atomic mass is 10.0. The van der Waals surface area contributed by atoms with Gasteiger partial charge in [0.15, 0.2) is 12.3 Å². The molecule has 0 aliphatic heterocycles. The Bertz CT molecular complexity index is 435. The van der Waals surface area contributed by atoms with Crippen molar-refractivity contribution >= 4 is 12.3 Å². The Morgan fingerprint density at radius 1 is 0.310 bits per heavy atom. The molecule has 29 heavy (non-hydrogen) atoms. The van der Waals surface area contributed by atoms with Gasteiger partial charge in [-0.3, -0.25) is 8.37 Å². The van der Waals surface area contributed by atoms with Gasteiger partial charge in [-0.25, -0.2) is 0 Å². The van der Waals surface area contributed by atoms with Crippen LogP contribution in [0.15, 0.2) is 0 Å². The van der Waals surface area contributed by atoms with Crippen molar-refractivity contribution in [2.45, 2.75) is 48.3 Å². The third-order valence-electron chi connectivity index (χ3n) is 2.71. The minimum atomic E-state index is -7.67. The highest BCUT2D eigenvalue weighted by atomic mass is 32.2. The van der Waals surface area contributed by atoms with Crippen molar-refractivity contribution in [2.24, 2.45) is 0 Å². The van der Waals surface area contributed by atoms with E-state index in [4.69, 9.17) is 0 Å². The van der Waals surface area contributed by atoms with Crippen LogP contribution in [0.2, 0.25) is 0 Å². The van der Waals surface area contributed by atoms with E-state index in [0.717, 1.165) is 0 Å². The summed E-state index contributed by atoms with van der Waals surface area (Å²) in [5.74, 6) is 0. The molecular weight excluding hydrogens is 502 g/mol. The van der Waals surface area contributed by atoms with Crippen molar-refractivity contribution in [1.29, 1.82) is 0 Å². The fourth-order valence-corrected chi connectivity index (χ4v) is 2.17. The van der Waals surface area contributed by atoms with Crippen LogP contribution >= 0.6 is 12.3 Å². The number of hydrogen-bond acceptors (Lipinski definition) is 3. The van der Waals surface area contributed by atoms with Gasteiger partial charge in [-0.15, -0.1) is 0 Å². The Labute approximate surface area is 149 Å². The van der Waals surface area contributed by atoms with Crippen LogP contribution in [0.5, 0.6) is 0 Å².